The Morgan fingerprint density at radius 1 is 1.00 bits per heavy atom. The third-order valence-corrected chi connectivity index (χ3v) is 4.80. The summed E-state index contributed by atoms with van der Waals surface area (Å²) in [4.78, 5) is 18.6. The summed E-state index contributed by atoms with van der Waals surface area (Å²) in [7, 11) is 0. The molecule has 2 heterocycles. The number of piperazine rings is 1. The number of halogens is 1. The smallest absolute Gasteiger partial charge is 0.320 e. The van der Waals surface area contributed by atoms with E-state index in [9.17, 15) is 9.18 Å². The highest BCUT2D eigenvalue weighted by molar-refractivity contribution is 5.74. The van der Waals surface area contributed by atoms with Crippen LogP contribution in [0.5, 0.6) is 0 Å². The second-order valence-electron chi connectivity index (χ2n) is 6.41. The first-order valence-electron chi connectivity index (χ1n) is 8.81. The van der Waals surface area contributed by atoms with Crippen molar-refractivity contribution in [3.63, 3.8) is 0 Å². The average molecular weight is 335 g/mol. The van der Waals surface area contributed by atoms with Gasteiger partial charge in [0.25, 0.3) is 0 Å². The molecule has 2 amide bonds. The minimum Gasteiger partial charge on any atom is -0.378 e. The van der Waals surface area contributed by atoms with Gasteiger partial charge in [-0.05, 0) is 31.0 Å². The maximum Gasteiger partial charge on any atom is 0.320 e. The van der Waals surface area contributed by atoms with Crippen LogP contribution in [0.2, 0.25) is 0 Å². The summed E-state index contributed by atoms with van der Waals surface area (Å²) in [5.74, 6) is -0.113. The number of ether oxygens (including phenoxy) is 1. The van der Waals surface area contributed by atoms with E-state index in [0.717, 1.165) is 51.1 Å². The Bertz CT molecular complexity index is 541. The molecule has 0 saturated carbocycles. The van der Waals surface area contributed by atoms with Gasteiger partial charge in [0.15, 0.2) is 0 Å². The minimum atomic E-state index is -0.113. The molecule has 0 bridgehead atoms. The first-order chi connectivity index (χ1) is 11.7. The third-order valence-electron chi connectivity index (χ3n) is 4.80. The molecule has 5 nitrogen and oxygen atoms in total. The van der Waals surface area contributed by atoms with Crippen LogP contribution in [-0.2, 0) is 11.2 Å². The summed E-state index contributed by atoms with van der Waals surface area (Å²) in [5.41, 5.74) is 0.790. The van der Waals surface area contributed by atoms with E-state index in [2.05, 4.69) is 4.90 Å². The molecule has 2 fully saturated rings. The van der Waals surface area contributed by atoms with E-state index in [4.69, 9.17) is 4.74 Å². The molecule has 0 unspecified atom stereocenters. The van der Waals surface area contributed by atoms with Crippen molar-refractivity contribution in [3.8, 4) is 0 Å². The highest BCUT2D eigenvalue weighted by Gasteiger charge is 2.26. The second kappa shape index (κ2) is 8.44. The van der Waals surface area contributed by atoms with Gasteiger partial charge in [0.2, 0.25) is 0 Å². The Balaban J connectivity index is 1.37. The minimum absolute atomic E-state index is 0.113. The molecule has 3 rings (SSSR count). The molecule has 0 atom stereocenters. The van der Waals surface area contributed by atoms with Gasteiger partial charge in [-0.1, -0.05) is 18.2 Å². The van der Waals surface area contributed by atoms with Gasteiger partial charge in [-0.2, -0.15) is 0 Å². The number of nitrogens with zero attached hydrogens (tertiary/aromatic N) is 3. The van der Waals surface area contributed by atoms with E-state index < -0.39 is 0 Å². The standard InChI is InChI=1S/C18H26FN3O2/c19-17-6-2-1-4-16(17)5-3-7-20-8-10-21(11-9-20)18(23)22-12-14-24-15-13-22/h1-2,4,6H,3,5,7-15H2. The maximum absolute atomic E-state index is 13.6. The van der Waals surface area contributed by atoms with E-state index in [-0.39, 0.29) is 11.8 Å². The van der Waals surface area contributed by atoms with Crippen LogP contribution in [0.4, 0.5) is 9.18 Å². The summed E-state index contributed by atoms with van der Waals surface area (Å²) in [6.07, 6.45) is 1.71. The normalized spacial score (nSPS) is 19.5. The molecule has 0 aromatic heterocycles. The van der Waals surface area contributed by atoms with Gasteiger partial charge in [-0.3, -0.25) is 4.90 Å². The molecule has 0 spiro atoms. The second-order valence-corrected chi connectivity index (χ2v) is 6.41. The molecule has 1 aromatic rings. The lowest BCUT2D eigenvalue weighted by atomic mass is 10.1. The topological polar surface area (TPSA) is 36.0 Å². The molecule has 2 aliphatic rings. The monoisotopic (exact) mass is 335 g/mol. The van der Waals surface area contributed by atoms with Crippen LogP contribution < -0.4 is 0 Å². The van der Waals surface area contributed by atoms with E-state index >= 15 is 0 Å². The van der Waals surface area contributed by atoms with Crippen LogP contribution >= 0.6 is 0 Å². The van der Waals surface area contributed by atoms with Gasteiger partial charge in [0.1, 0.15) is 5.82 Å². The lowest BCUT2D eigenvalue weighted by Gasteiger charge is -2.38. The number of rotatable bonds is 4. The molecule has 1 aromatic carbocycles. The Kier molecular flexibility index (Phi) is 6.04. The van der Waals surface area contributed by atoms with E-state index in [0.29, 0.717) is 26.3 Å². The SMILES string of the molecule is O=C(N1CCOCC1)N1CCN(CCCc2ccccc2F)CC1. The van der Waals surface area contributed by atoms with Crippen LogP contribution in [-0.4, -0.2) is 79.8 Å². The molecule has 2 saturated heterocycles. The quantitative estimate of drug-likeness (QED) is 0.842. The Morgan fingerprint density at radius 3 is 2.38 bits per heavy atom. The number of benzene rings is 1. The first-order valence-corrected chi connectivity index (χ1v) is 8.81. The zero-order chi connectivity index (χ0) is 16.8. The van der Waals surface area contributed by atoms with Crippen molar-refractivity contribution in [2.75, 3.05) is 59.0 Å². The number of aryl methyl sites for hydroxylation is 1. The van der Waals surface area contributed by atoms with Crippen LogP contribution in [0.15, 0.2) is 24.3 Å². The van der Waals surface area contributed by atoms with E-state index in [1.165, 1.54) is 6.07 Å². The summed E-state index contributed by atoms with van der Waals surface area (Å²) < 4.78 is 18.9. The lowest BCUT2D eigenvalue weighted by Crippen LogP contribution is -2.54. The Labute approximate surface area is 143 Å². The molecule has 0 radical (unpaired) electrons. The zero-order valence-corrected chi connectivity index (χ0v) is 14.1. The van der Waals surface area contributed by atoms with Crippen LogP contribution in [0.25, 0.3) is 0 Å². The maximum atomic E-state index is 13.6. The molecule has 6 heteroatoms. The summed E-state index contributed by atoms with van der Waals surface area (Å²) in [6, 6.07) is 7.13. The fraction of sp³-hybridized carbons (Fsp3) is 0.611. The predicted molar refractivity (Wildman–Crippen MR) is 90.5 cm³/mol. The van der Waals surface area contributed by atoms with Gasteiger partial charge in [0.05, 0.1) is 13.2 Å². The zero-order valence-electron chi connectivity index (χ0n) is 14.1. The van der Waals surface area contributed by atoms with Crippen molar-refractivity contribution >= 4 is 6.03 Å². The lowest BCUT2D eigenvalue weighted by molar-refractivity contribution is 0.0376. The van der Waals surface area contributed by atoms with Gasteiger partial charge < -0.3 is 14.5 Å². The molecule has 132 valence electrons. The van der Waals surface area contributed by atoms with Crippen LogP contribution in [0.1, 0.15) is 12.0 Å². The number of hydrogen-bond donors (Lipinski definition) is 0. The van der Waals surface area contributed by atoms with Crippen LogP contribution in [0.3, 0.4) is 0 Å². The molecule has 0 N–H and O–H groups in total. The van der Waals surface area contributed by atoms with Gasteiger partial charge in [-0.15, -0.1) is 0 Å². The highest BCUT2D eigenvalue weighted by Crippen LogP contribution is 2.11. The fourth-order valence-corrected chi connectivity index (χ4v) is 3.31. The number of urea groups is 1. The highest BCUT2D eigenvalue weighted by atomic mass is 19.1. The van der Waals surface area contributed by atoms with Gasteiger partial charge >= 0.3 is 6.03 Å². The molecule has 0 aliphatic carbocycles. The van der Waals surface area contributed by atoms with Crippen LogP contribution in [0, 0.1) is 5.82 Å². The predicted octanol–water partition coefficient (Wildman–Crippen LogP) is 1.83. The van der Waals surface area contributed by atoms with Crippen molar-refractivity contribution in [2.45, 2.75) is 12.8 Å². The number of amides is 2. The fourth-order valence-electron chi connectivity index (χ4n) is 3.31. The summed E-state index contributed by atoms with van der Waals surface area (Å²) in [6.45, 7) is 6.97. The number of morpholine rings is 1. The van der Waals surface area contributed by atoms with Gasteiger partial charge in [0, 0.05) is 39.3 Å². The summed E-state index contributed by atoms with van der Waals surface area (Å²) in [5, 5.41) is 0. The largest absolute Gasteiger partial charge is 0.378 e. The first kappa shape index (κ1) is 17.2. The summed E-state index contributed by atoms with van der Waals surface area (Å²) >= 11 is 0. The van der Waals surface area contributed by atoms with Crippen molar-refractivity contribution in [1.29, 1.82) is 0 Å². The van der Waals surface area contributed by atoms with E-state index in [1.807, 2.05) is 21.9 Å². The number of carbonyl (C=O) groups is 1. The molecular weight excluding hydrogens is 309 g/mol. The molecule has 24 heavy (non-hydrogen) atoms. The Hall–Kier alpha value is -1.66. The molecule has 2 aliphatic heterocycles. The number of carbonyl (C=O) groups excluding carboxylic acids is 1. The van der Waals surface area contributed by atoms with Crippen molar-refractivity contribution in [1.82, 2.24) is 14.7 Å². The van der Waals surface area contributed by atoms with Crippen molar-refractivity contribution < 1.29 is 13.9 Å². The van der Waals surface area contributed by atoms with Crippen molar-refractivity contribution in [2.24, 2.45) is 0 Å². The van der Waals surface area contributed by atoms with Gasteiger partial charge in [-0.25, -0.2) is 9.18 Å². The molecular formula is C18H26FN3O2. The Morgan fingerprint density at radius 2 is 1.67 bits per heavy atom. The average Bonchev–Trinajstić information content (AvgIpc) is 2.64. The third kappa shape index (κ3) is 4.45. The van der Waals surface area contributed by atoms with Crippen molar-refractivity contribution in [3.05, 3.63) is 35.6 Å². The van der Waals surface area contributed by atoms with E-state index in [1.54, 1.807) is 6.07 Å². The number of hydrogen-bond acceptors (Lipinski definition) is 3.